The molecule has 2 heterocycles. The van der Waals surface area contributed by atoms with Gasteiger partial charge < -0.3 is 55.4 Å². The molecule has 1 saturated carbocycles. The number of ether oxygens (including phenoxy) is 2. The SMILES string of the molecule is O=C(O)C1(C(=O)C23CCCCCCCCCC2(O)C(O)C(O)C(O)O3)OC(O)C(O)C(O)C1O. The quantitative estimate of drug-likeness (QED) is 0.177. The number of aliphatic hydroxyl groups excluding tert-OH is 7. The first kappa shape index (κ1) is 27.3. The third kappa shape index (κ3) is 4.07. The molecule has 0 aromatic heterocycles. The summed E-state index contributed by atoms with van der Waals surface area (Å²) in [5.41, 5.74) is -8.81. The second-order valence-corrected chi connectivity index (χ2v) is 9.47. The highest BCUT2D eigenvalue weighted by atomic mass is 16.7. The summed E-state index contributed by atoms with van der Waals surface area (Å²) in [6.07, 6.45) is -12.9. The van der Waals surface area contributed by atoms with Crippen molar-refractivity contribution in [2.24, 2.45) is 0 Å². The Morgan fingerprint density at radius 2 is 1.15 bits per heavy atom. The standard InChI is InChI=1S/C21H34O13/c22-10-11(23)15(27)34-21(14(10)26,18(30)31)17(29)20-9-7-5-3-1-2-4-6-8-19(20,32)13(25)12(24)16(28)33-20/h10-16,22-28,32H,1-9H2,(H,30,31). The Bertz CT molecular complexity index is 763. The number of ketones is 1. The normalized spacial score (nSPS) is 48.9. The number of Topliss-reactive ketones (excluding diaryl/α,β-unsaturated/α-hetero) is 1. The molecule has 0 aromatic carbocycles. The number of carboxylic acids is 1. The molecule has 0 amide bonds. The van der Waals surface area contributed by atoms with Gasteiger partial charge in [-0.15, -0.1) is 0 Å². The van der Waals surface area contributed by atoms with Gasteiger partial charge in [-0.2, -0.15) is 0 Å². The summed E-state index contributed by atoms with van der Waals surface area (Å²) in [6.45, 7) is 0. The van der Waals surface area contributed by atoms with E-state index in [2.05, 4.69) is 0 Å². The Hall–Kier alpha value is -1.26. The van der Waals surface area contributed by atoms with Crippen molar-refractivity contribution in [3.05, 3.63) is 0 Å². The molecule has 2 saturated heterocycles. The van der Waals surface area contributed by atoms with Crippen molar-refractivity contribution in [2.75, 3.05) is 0 Å². The molecule has 0 radical (unpaired) electrons. The predicted octanol–water partition coefficient (Wildman–Crippen LogP) is -3.12. The summed E-state index contributed by atoms with van der Waals surface area (Å²) in [5, 5.41) is 93.7. The minimum absolute atomic E-state index is 0.156. The Labute approximate surface area is 195 Å². The molecular formula is C21H34O13. The first-order chi connectivity index (χ1) is 15.9. The molecule has 3 rings (SSSR count). The van der Waals surface area contributed by atoms with E-state index < -0.39 is 78.1 Å². The van der Waals surface area contributed by atoms with Gasteiger partial charge in [0.2, 0.25) is 5.78 Å². The molecule has 10 atom stereocenters. The van der Waals surface area contributed by atoms with Gasteiger partial charge >= 0.3 is 5.97 Å². The first-order valence-corrected chi connectivity index (χ1v) is 11.5. The molecule has 34 heavy (non-hydrogen) atoms. The fraction of sp³-hybridized carbons (Fsp3) is 0.905. The Morgan fingerprint density at radius 3 is 1.71 bits per heavy atom. The summed E-state index contributed by atoms with van der Waals surface area (Å²) < 4.78 is 10.4. The smallest absolute Gasteiger partial charge is 0.346 e. The second-order valence-electron chi connectivity index (χ2n) is 9.47. The zero-order chi connectivity index (χ0) is 25.5. The minimum Gasteiger partial charge on any atom is -0.479 e. The molecule has 196 valence electrons. The Morgan fingerprint density at radius 1 is 0.647 bits per heavy atom. The molecule has 13 nitrogen and oxygen atoms in total. The van der Waals surface area contributed by atoms with Gasteiger partial charge in [0.1, 0.15) is 36.1 Å². The molecule has 9 N–H and O–H groups in total. The van der Waals surface area contributed by atoms with Crippen molar-refractivity contribution in [3.63, 3.8) is 0 Å². The number of carbonyl (C=O) groups excluding carboxylic acids is 1. The van der Waals surface area contributed by atoms with Crippen LogP contribution in [-0.2, 0) is 19.1 Å². The van der Waals surface area contributed by atoms with Crippen molar-refractivity contribution >= 4 is 11.8 Å². The number of hydrogen-bond acceptors (Lipinski definition) is 12. The van der Waals surface area contributed by atoms with Crippen LogP contribution < -0.4 is 0 Å². The Kier molecular flexibility index (Phi) is 8.05. The van der Waals surface area contributed by atoms with Crippen molar-refractivity contribution in [1.82, 2.24) is 0 Å². The average Bonchev–Trinajstić information content (AvgIpc) is 2.83. The van der Waals surface area contributed by atoms with Crippen LogP contribution in [-0.4, -0.2) is 118 Å². The highest BCUT2D eigenvalue weighted by Crippen LogP contribution is 2.49. The van der Waals surface area contributed by atoms with Gasteiger partial charge in [-0.1, -0.05) is 38.5 Å². The summed E-state index contributed by atoms with van der Waals surface area (Å²) in [4.78, 5) is 26.5. The predicted molar refractivity (Wildman–Crippen MR) is 109 cm³/mol. The minimum atomic E-state index is -3.45. The lowest BCUT2D eigenvalue weighted by molar-refractivity contribution is -0.357. The van der Waals surface area contributed by atoms with Gasteiger partial charge in [-0.3, -0.25) is 4.79 Å². The fourth-order valence-corrected chi connectivity index (χ4v) is 5.38. The van der Waals surface area contributed by atoms with Crippen LogP contribution in [0.3, 0.4) is 0 Å². The summed E-state index contributed by atoms with van der Waals surface area (Å²) in [7, 11) is 0. The van der Waals surface area contributed by atoms with Crippen molar-refractivity contribution in [2.45, 2.75) is 118 Å². The highest BCUT2D eigenvalue weighted by Gasteiger charge is 2.74. The molecule has 3 aliphatic rings. The zero-order valence-electron chi connectivity index (χ0n) is 18.6. The maximum atomic E-state index is 14.1. The van der Waals surface area contributed by atoms with Crippen LogP contribution in [0, 0.1) is 0 Å². The topological polar surface area (TPSA) is 235 Å². The molecule has 10 unspecified atom stereocenters. The van der Waals surface area contributed by atoms with E-state index in [-0.39, 0.29) is 19.3 Å². The lowest BCUT2D eigenvalue weighted by Gasteiger charge is -2.57. The molecule has 0 aromatic rings. The number of aliphatic hydroxyl groups is 8. The second kappa shape index (κ2) is 10.0. The van der Waals surface area contributed by atoms with Crippen molar-refractivity contribution in [1.29, 1.82) is 0 Å². The van der Waals surface area contributed by atoms with E-state index in [0.29, 0.717) is 12.8 Å². The summed E-state index contributed by atoms with van der Waals surface area (Å²) >= 11 is 0. The number of carboxylic acid groups (broad SMARTS) is 1. The van der Waals surface area contributed by atoms with Gasteiger partial charge in [-0.25, -0.2) is 4.79 Å². The number of hydrogen-bond donors (Lipinski definition) is 9. The first-order valence-electron chi connectivity index (χ1n) is 11.5. The van der Waals surface area contributed by atoms with Crippen LogP contribution in [0.2, 0.25) is 0 Å². The van der Waals surface area contributed by atoms with Gasteiger partial charge in [0.05, 0.1) is 0 Å². The largest absolute Gasteiger partial charge is 0.479 e. The summed E-state index contributed by atoms with van der Waals surface area (Å²) in [5.74, 6) is -3.85. The average molecular weight is 494 g/mol. The van der Waals surface area contributed by atoms with E-state index in [1.165, 1.54) is 0 Å². The van der Waals surface area contributed by atoms with E-state index in [1.54, 1.807) is 0 Å². The third-order valence-electron chi connectivity index (χ3n) is 7.42. The highest BCUT2D eigenvalue weighted by molar-refractivity contribution is 6.12. The van der Waals surface area contributed by atoms with Gasteiger partial charge in [0.25, 0.3) is 5.60 Å². The Balaban J connectivity index is 2.21. The van der Waals surface area contributed by atoms with E-state index in [4.69, 9.17) is 9.47 Å². The monoisotopic (exact) mass is 494 g/mol. The van der Waals surface area contributed by atoms with Crippen molar-refractivity contribution in [3.8, 4) is 0 Å². The van der Waals surface area contributed by atoms with Gasteiger partial charge in [0.15, 0.2) is 18.2 Å². The zero-order valence-corrected chi connectivity index (χ0v) is 18.6. The van der Waals surface area contributed by atoms with E-state index in [0.717, 1.165) is 19.3 Å². The molecule has 3 fully saturated rings. The molecular weight excluding hydrogens is 460 g/mol. The molecule has 13 heteroatoms. The van der Waals surface area contributed by atoms with Crippen LogP contribution >= 0.6 is 0 Å². The molecule has 0 bridgehead atoms. The lowest BCUT2D eigenvalue weighted by atomic mass is 9.62. The number of fused-ring (bicyclic) bond motifs is 1. The maximum Gasteiger partial charge on any atom is 0.346 e. The maximum absolute atomic E-state index is 14.1. The van der Waals surface area contributed by atoms with E-state index in [1.807, 2.05) is 0 Å². The van der Waals surface area contributed by atoms with Gasteiger partial charge in [0, 0.05) is 0 Å². The van der Waals surface area contributed by atoms with Crippen LogP contribution in [0.15, 0.2) is 0 Å². The molecule has 2 aliphatic heterocycles. The van der Waals surface area contributed by atoms with Crippen LogP contribution in [0.1, 0.15) is 57.8 Å². The third-order valence-corrected chi connectivity index (χ3v) is 7.42. The molecule has 1 aliphatic carbocycles. The fourth-order valence-electron chi connectivity index (χ4n) is 5.38. The van der Waals surface area contributed by atoms with E-state index >= 15 is 0 Å². The lowest BCUT2D eigenvalue weighted by Crippen LogP contribution is -2.81. The van der Waals surface area contributed by atoms with E-state index in [9.17, 15) is 55.5 Å². The summed E-state index contributed by atoms with van der Waals surface area (Å²) in [6, 6.07) is 0. The number of aliphatic carboxylic acids is 1. The number of carbonyl (C=O) groups is 2. The van der Waals surface area contributed by atoms with Crippen LogP contribution in [0.25, 0.3) is 0 Å². The van der Waals surface area contributed by atoms with Gasteiger partial charge in [-0.05, 0) is 19.3 Å². The molecule has 0 spiro atoms. The van der Waals surface area contributed by atoms with Crippen LogP contribution in [0.4, 0.5) is 0 Å². The van der Waals surface area contributed by atoms with Crippen molar-refractivity contribution < 1.29 is 65.0 Å². The van der Waals surface area contributed by atoms with Crippen LogP contribution in [0.5, 0.6) is 0 Å². The number of rotatable bonds is 3.